The normalized spacial score (nSPS) is 29.3. The molecule has 1 aliphatic heterocycles. The monoisotopic (exact) mass is 187 g/mol. The molecule has 2 nitrogen and oxygen atoms in total. The van der Waals surface area contributed by atoms with Crippen LogP contribution in [-0.2, 0) is 4.79 Å². The minimum absolute atomic E-state index is 0.0705. The molecule has 0 radical (unpaired) electrons. The maximum atomic E-state index is 11.7. The van der Waals surface area contributed by atoms with Crippen LogP contribution in [0, 0.1) is 0 Å². The Bertz CT molecular complexity index is 386. The van der Waals surface area contributed by atoms with Gasteiger partial charge in [-0.05, 0) is 24.5 Å². The number of para-hydroxylation sites is 1. The zero-order chi connectivity index (χ0) is 9.54. The summed E-state index contributed by atoms with van der Waals surface area (Å²) in [7, 11) is 0. The highest BCUT2D eigenvalue weighted by Crippen LogP contribution is 2.41. The Kier molecular flexibility index (Phi) is 1.63. The summed E-state index contributed by atoms with van der Waals surface area (Å²) in [6.45, 7) is 0. The van der Waals surface area contributed by atoms with E-state index in [1.54, 1.807) is 0 Å². The molecule has 0 bridgehead atoms. The van der Waals surface area contributed by atoms with Crippen molar-refractivity contribution < 1.29 is 4.79 Å². The number of carbonyl (C=O) groups excluding carboxylic acids is 1. The van der Waals surface area contributed by atoms with E-state index in [1.807, 2.05) is 6.07 Å². The lowest BCUT2D eigenvalue weighted by Gasteiger charge is -2.23. The second-order valence-corrected chi connectivity index (χ2v) is 4.17. The molecule has 2 atom stereocenters. The third-order valence-electron chi connectivity index (χ3n) is 3.36. The molecule has 2 unspecified atom stereocenters. The lowest BCUT2D eigenvalue weighted by atomic mass is 9.82. The fraction of sp³-hybridized carbons (Fsp3) is 0.417. The number of ketones is 1. The third kappa shape index (κ3) is 0.999. The van der Waals surface area contributed by atoms with Crippen LogP contribution in [0.5, 0.6) is 0 Å². The summed E-state index contributed by atoms with van der Waals surface area (Å²) in [5.74, 6) is 0.824. The van der Waals surface area contributed by atoms with Gasteiger partial charge in [-0.15, -0.1) is 0 Å². The molecule has 1 saturated carbocycles. The summed E-state index contributed by atoms with van der Waals surface area (Å²) in [4.78, 5) is 11.7. The van der Waals surface area contributed by atoms with Crippen molar-refractivity contribution >= 4 is 11.5 Å². The van der Waals surface area contributed by atoms with Gasteiger partial charge in [-0.1, -0.05) is 18.2 Å². The van der Waals surface area contributed by atoms with Gasteiger partial charge in [0.2, 0.25) is 0 Å². The first-order valence-electron chi connectivity index (χ1n) is 5.24. The second kappa shape index (κ2) is 2.84. The van der Waals surface area contributed by atoms with E-state index in [2.05, 4.69) is 23.5 Å². The van der Waals surface area contributed by atoms with Crippen molar-refractivity contribution in [2.45, 2.75) is 31.2 Å². The topological polar surface area (TPSA) is 29.1 Å². The summed E-state index contributed by atoms with van der Waals surface area (Å²) in [6.07, 6.45) is 2.96. The van der Waals surface area contributed by atoms with E-state index in [0.29, 0.717) is 11.7 Å². The Balaban J connectivity index is 2.04. The highest BCUT2D eigenvalue weighted by Gasteiger charge is 2.38. The average Bonchev–Trinajstić information content (AvgIpc) is 2.59. The van der Waals surface area contributed by atoms with Crippen LogP contribution >= 0.6 is 0 Å². The van der Waals surface area contributed by atoms with Crippen LogP contribution < -0.4 is 5.32 Å². The molecule has 1 fully saturated rings. The first kappa shape index (κ1) is 8.04. The van der Waals surface area contributed by atoms with Crippen LogP contribution in [-0.4, -0.2) is 11.8 Å². The van der Waals surface area contributed by atoms with Gasteiger partial charge >= 0.3 is 0 Å². The molecule has 2 heteroatoms. The Morgan fingerprint density at radius 3 is 3.07 bits per heavy atom. The molecule has 1 aromatic carbocycles. The SMILES string of the molecule is O=C1CCCC2c3ccccc3NC12. The Morgan fingerprint density at radius 2 is 2.14 bits per heavy atom. The van der Waals surface area contributed by atoms with Crippen LogP contribution in [0.2, 0.25) is 0 Å². The minimum atomic E-state index is 0.0705. The molecular formula is C12H13NO. The zero-order valence-corrected chi connectivity index (χ0v) is 7.99. The lowest BCUT2D eigenvalue weighted by molar-refractivity contribution is -0.121. The summed E-state index contributed by atoms with van der Waals surface area (Å²) in [5.41, 5.74) is 2.50. The van der Waals surface area contributed by atoms with Crippen molar-refractivity contribution in [1.82, 2.24) is 0 Å². The second-order valence-electron chi connectivity index (χ2n) is 4.17. The third-order valence-corrected chi connectivity index (χ3v) is 3.36. The maximum Gasteiger partial charge on any atom is 0.155 e. The predicted octanol–water partition coefficient (Wildman–Crippen LogP) is 2.32. The molecule has 3 rings (SSSR count). The first-order chi connectivity index (χ1) is 6.86. The molecule has 1 heterocycles. The molecule has 14 heavy (non-hydrogen) atoms. The Labute approximate surface area is 83.3 Å². The fourth-order valence-electron chi connectivity index (χ4n) is 2.68. The minimum Gasteiger partial charge on any atom is -0.375 e. The number of hydrogen-bond donors (Lipinski definition) is 1. The van der Waals surface area contributed by atoms with Gasteiger partial charge < -0.3 is 5.32 Å². The first-order valence-corrected chi connectivity index (χ1v) is 5.24. The highest BCUT2D eigenvalue weighted by molar-refractivity contribution is 5.91. The number of Topliss-reactive ketones (excluding diaryl/α,β-unsaturated/α-hetero) is 1. The Hall–Kier alpha value is -1.31. The van der Waals surface area contributed by atoms with Gasteiger partial charge in [-0.3, -0.25) is 4.79 Å². The van der Waals surface area contributed by atoms with Gasteiger partial charge in [0.1, 0.15) is 0 Å². The van der Waals surface area contributed by atoms with Gasteiger partial charge in [-0.2, -0.15) is 0 Å². The molecule has 72 valence electrons. The lowest BCUT2D eigenvalue weighted by Crippen LogP contribution is -2.33. The van der Waals surface area contributed by atoms with Crippen LogP contribution in [0.25, 0.3) is 0 Å². The Morgan fingerprint density at radius 1 is 1.29 bits per heavy atom. The molecule has 0 amide bonds. The van der Waals surface area contributed by atoms with Crippen molar-refractivity contribution in [3.05, 3.63) is 29.8 Å². The summed E-state index contributed by atoms with van der Waals surface area (Å²) in [6, 6.07) is 8.36. The van der Waals surface area contributed by atoms with E-state index in [9.17, 15) is 4.79 Å². The molecule has 0 aromatic heterocycles. The zero-order valence-electron chi connectivity index (χ0n) is 7.99. The number of fused-ring (bicyclic) bond motifs is 3. The molecule has 0 saturated heterocycles. The highest BCUT2D eigenvalue weighted by atomic mass is 16.1. The molecule has 1 aliphatic carbocycles. The van der Waals surface area contributed by atoms with E-state index in [-0.39, 0.29) is 6.04 Å². The standard InChI is InChI=1S/C12H13NO/c14-11-7-3-5-9-8-4-1-2-6-10(8)13-12(9)11/h1-2,4,6,9,12-13H,3,5,7H2. The van der Waals surface area contributed by atoms with Crippen molar-refractivity contribution in [3.63, 3.8) is 0 Å². The summed E-state index contributed by atoms with van der Waals surface area (Å²) >= 11 is 0. The van der Waals surface area contributed by atoms with E-state index in [1.165, 1.54) is 5.56 Å². The summed E-state index contributed by atoms with van der Waals surface area (Å²) < 4.78 is 0. The van der Waals surface area contributed by atoms with E-state index >= 15 is 0 Å². The van der Waals surface area contributed by atoms with Gasteiger partial charge in [0.15, 0.2) is 5.78 Å². The number of nitrogens with one attached hydrogen (secondary N) is 1. The molecule has 1 aromatic rings. The van der Waals surface area contributed by atoms with E-state index in [4.69, 9.17) is 0 Å². The van der Waals surface area contributed by atoms with E-state index in [0.717, 1.165) is 24.9 Å². The van der Waals surface area contributed by atoms with Crippen LogP contribution in [0.1, 0.15) is 30.7 Å². The van der Waals surface area contributed by atoms with Crippen LogP contribution in [0.3, 0.4) is 0 Å². The van der Waals surface area contributed by atoms with Crippen molar-refractivity contribution in [3.8, 4) is 0 Å². The molecule has 0 spiro atoms. The molecule has 1 N–H and O–H groups in total. The smallest absolute Gasteiger partial charge is 0.155 e. The van der Waals surface area contributed by atoms with Crippen molar-refractivity contribution in [2.24, 2.45) is 0 Å². The summed E-state index contributed by atoms with van der Waals surface area (Å²) in [5, 5.41) is 3.34. The fourth-order valence-corrected chi connectivity index (χ4v) is 2.68. The van der Waals surface area contributed by atoms with Gasteiger partial charge in [0, 0.05) is 18.0 Å². The molecule has 2 aliphatic rings. The van der Waals surface area contributed by atoms with Gasteiger partial charge in [0.25, 0.3) is 0 Å². The van der Waals surface area contributed by atoms with Gasteiger partial charge in [-0.25, -0.2) is 0 Å². The van der Waals surface area contributed by atoms with Crippen LogP contribution in [0.15, 0.2) is 24.3 Å². The number of rotatable bonds is 0. The average molecular weight is 187 g/mol. The quantitative estimate of drug-likeness (QED) is 0.675. The number of carbonyl (C=O) groups is 1. The number of anilines is 1. The van der Waals surface area contributed by atoms with Crippen molar-refractivity contribution in [1.29, 1.82) is 0 Å². The maximum absolute atomic E-state index is 11.7. The number of hydrogen-bond acceptors (Lipinski definition) is 2. The number of benzene rings is 1. The van der Waals surface area contributed by atoms with Crippen molar-refractivity contribution in [2.75, 3.05) is 5.32 Å². The van der Waals surface area contributed by atoms with E-state index < -0.39 is 0 Å². The van der Waals surface area contributed by atoms with Crippen LogP contribution in [0.4, 0.5) is 5.69 Å². The largest absolute Gasteiger partial charge is 0.375 e. The van der Waals surface area contributed by atoms with Gasteiger partial charge in [0.05, 0.1) is 6.04 Å². The predicted molar refractivity (Wildman–Crippen MR) is 55.5 cm³/mol. The molecular weight excluding hydrogens is 174 g/mol.